The number of carbonyl (C=O) groups excluding carboxylic acids is 2. The van der Waals surface area contributed by atoms with Crippen molar-refractivity contribution in [2.75, 3.05) is 13.1 Å². The minimum atomic E-state index is -0.738. The molecule has 1 unspecified atom stereocenters. The van der Waals surface area contributed by atoms with Gasteiger partial charge in [0.05, 0.1) is 0 Å². The Bertz CT molecular complexity index is 531. The normalized spacial score (nSPS) is 30.4. The lowest BCUT2D eigenvalue weighted by Crippen LogP contribution is -2.69. The quantitative estimate of drug-likeness (QED) is 0.813. The van der Waals surface area contributed by atoms with Crippen LogP contribution in [-0.2, 0) is 16.1 Å². The molecular formula is C15H19N3O2. The fourth-order valence-electron chi connectivity index (χ4n) is 2.95. The molecular weight excluding hydrogens is 254 g/mol. The van der Waals surface area contributed by atoms with Crippen molar-refractivity contribution in [3.05, 3.63) is 35.9 Å². The van der Waals surface area contributed by atoms with Crippen LogP contribution in [0.5, 0.6) is 0 Å². The summed E-state index contributed by atoms with van der Waals surface area (Å²) in [6.07, 6.45) is 0.671. The largest absolute Gasteiger partial charge is 0.343 e. The van der Waals surface area contributed by atoms with Gasteiger partial charge in [0.15, 0.2) is 0 Å². The number of hydrogen-bond acceptors (Lipinski definition) is 3. The van der Waals surface area contributed by atoms with E-state index >= 15 is 0 Å². The molecule has 2 aliphatic heterocycles. The second-order valence-electron chi connectivity index (χ2n) is 5.71. The monoisotopic (exact) mass is 273 g/mol. The van der Waals surface area contributed by atoms with Gasteiger partial charge in [-0.25, -0.2) is 0 Å². The average molecular weight is 273 g/mol. The number of rotatable bonds is 2. The van der Waals surface area contributed by atoms with Gasteiger partial charge in [-0.3, -0.25) is 14.5 Å². The first-order chi connectivity index (χ1) is 9.59. The fourth-order valence-corrected chi connectivity index (χ4v) is 2.95. The lowest BCUT2D eigenvalue weighted by molar-refractivity contribution is -0.140. The molecule has 2 saturated heterocycles. The number of nitrogens with zero attached hydrogens (tertiary/aromatic N) is 1. The van der Waals surface area contributed by atoms with Gasteiger partial charge in [-0.2, -0.15) is 0 Å². The van der Waals surface area contributed by atoms with E-state index in [1.165, 1.54) is 5.56 Å². The van der Waals surface area contributed by atoms with Crippen LogP contribution in [0.2, 0.25) is 0 Å². The first-order valence-electron chi connectivity index (χ1n) is 6.98. The van der Waals surface area contributed by atoms with Gasteiger partial charge in [-0.05, 0) is 18.9 Å². The van der Waals surface area contributed by atoms with Gasteiger partial charge in [0.1, 0.15) is 11.6 Å². The standard InChI is InChI=1S/C15H19N3O2/c1-11-13(19)17-15(14(20)16-11)7-8-18(10-15)9-12-5-3-2-4-6-12/h2-6,11H,7-10H2,1H3,(H,16,20)(H,17,19)/t11-,15?/m1/s1. The molecule has 2 amide bonds. The van der Waals surface area contributed by atoms with Crippen molar-refractivity contribution in [3.63, 3.8) is 0 Å². The zero-order valence-electron chi connectivity index (χ0n) is 11.6. The van der Waals surface area contributed by atoms with E-state index in [0.717, 1.165) is 13.1 Å². The van der Waals surface area contributed by atoms with E-state index in [-0.39, 0.29) is 11.8 Å². The third-order valence-electron chi connectivity index (χ3n) is 4.14. The predicted molar refractivity (Wildman–Crippen MR) is 74.8 cm³/mol. The van der Waals surface area contributed by atoms with Gasteiger partial charge in [0.2, 0.25) is 11.8 Å². The summed E-state index contributed by atoms with van der Waals surface area (Å²) in [6, 6.07) is 9.73. The number of nitrogens with one attached hydrogen (secondary N) is 2. The predicted octanol–water partition coefficient (Wildman–Crippen LogP) is 0.266. The molecule has 5 nitrogen and oxygen atoms in total. The second kappa shape index (κ2) is 4.90. The van der Waals surface area contributed by atoms with Crippen molar-refractivity contribution in [2.24, 2.45) is 0 Å². The summed E-state index contributed by atoms with van der Waals surface area (Å²) in [4.78, 5) is 26.3. The Labute approximate surface area is 118 Å². The molecule has 2 fully saturated rings. The van der Waals surface area contributed by atoms with E-state index in [4.69, 9.17) is 0 Å². The van der Waals surface area contributed by atoms with E-state index < -0.39 is 11.6 Å². The van der Waals surface area contributed by atoms with Gasteiger partial charge in [-0.1, -0.05) is 30.3 Å². The van der Waals surface area contributed by atoms with Crippen LogP contribution in [0.4, 0.5) is 0 Å². The zero-order valence-corrected chi connectivity index (χ0v) is 11.6. The molecule has 2 N–H and O–H groups in total. The minimum absolute atomic E-state index is 0.0554. The molecule has 20 heavy (non-hydrogen) atoms. The zero-order chi connectivity index (χ0) is 14.2. The van der Waals surface area contributed by atoms with E-state index in [1.807, 2.05) is 18.2 Å². The number of carbonyl (C=O) groups is 2. The van der Waals surface area contributed by atoms with Crippen LogP contribution >= 0.6 is 0 Å². The van der Waals surface area contributed by atoms with Gasteiger partial charge in [0, 0.05) is 19.6 Å². The summed E-state index contributed by atoms with van der Waals surface area (Å²) in [5.41, 5.74) is 0.485. The summed E-state index contributed by atoms with van der Waals surface area (Å²) in [6.45, 7) is 3.90. The number of benzene rings is 1. The second-order valence-corrected chi connectivity index (χ2v) is 5.71. The molecule has 0 aliphatic carbocycles. The van der Waals surface area contributed by atoms with E-state index in [9.17, 15) is 9.59 Å². The highest BCUT2D eigenvalue weighted by molar-refractivity contribution is 6.00. The van der Waals surface area contributed by atoms with Crippen LogP contribution in [-0.4, -0.2) is 41.4 Å². The average Bonchev–Trinajstić information content (AvgIpc) is 2.82. The lowest BCUT2D eigenvalue weighted by atomic mass is 9.93. The fraction of sp³-hybridized carbons (Fsp3) is 0.467. The van der Waals surface area contributed by atoms with Crippen LogP contribution in [0.25, 0.3) is 0 Å². The number of hydrogen-bond donors (Lipinski definition) is 2. The van der Waals surface area contributed by atoms with Crippen molar-refractivity contribution in [3.8, 4) is 0 Å². The molecule has 2 aliphatic rings. The molecule has 0 radical (unpaired) electrons. The molecule has 0 bridgehead atoms. The molecule has 106 valence electrons. The molecule has 0 aromatic heterocycles. The maximum atomic E-state index is 12.2. The van der Waals surface area contributed by atoms with Crippen LogP contribution in [0.1, 0.15) is 18.9 Å². The molecule has 1 aromatic carbocycles. The maximum absolute atomic E-state index is 12.2. The number of piperazine rings is 1. The van der Waals surface area contributed by atoms with Gasteiger partial charge in [-0.15, -0.1) is 0 Å². The smallest absolute Gasteiger partial charge is 0.247 e. The SMILES string of the molecule is C[C@H]1NC(=O)C2(CCN(Cc3ccccc3)C2)NC1=O. The van der Waals surface area contributed by atoms with E-state index in [2.05, 4.69) is 27.7 Å². The molecule has 3 rings (SSSR count). The molecule has 1 aromatic rings. The van der Waals surface area contributed by atoms with Crippen LogP contribution in [0.3, 0.4) is 0 Å². The first kappa shape index (κ1) is 13.1. The lowest BCUT2D eigenvalue weighted by Gasteiger charge is -2.36. The Hall–Kier alpha value is -1.88. The minimum Gasteiger partial charge on any atom is -0.343 e. The molecule has 1 spiro atoms. The summed E-state index contributed by atoms with van der Waals surface area (Å²) in [7, 11) is 0. The number of likely N-dealkylation sites (tertiary alicyclic amines) is 1. The summed E-state index contributed by atoms with van der Waals surface area (Å²) in [5.74, 6) is -0.147. The third-order valence-corrected chi connectivity index (χ3v) is 4.14. The third kappa shape index (κ3) is 2.29. The molecule has 0 saturated carbocycles. The Kier molecular flexibility index (Phi) is 3.22. The maximum Gasteiger partial charge on any atom is 0.247 e. The Morgan fingerprint density at radius 1 is 1.30 bits per heavy atom. The van der Waals surface area contributed by atoms with E-state index in [0.29, 0.717) is 13.0 Å². The number of amides is 2. The van der Waals surface area contributed by atoms with Crippen LogP contribution in [0, 0.1) is 0 Å². The van der Waals surface area contributed by atoms with Crippen molar-refractivity contribution in [2.45, 2.75) is 31.5 Å². The molecule has 5 heteroatoms. The Balaban J connectivity index is 1.70. The van der Waals surface area contributed by atoms with E-state index in [1.54, 1.807) is 6.92 Å². The first-order valence-corrected chi connectivity index (χ1v) is 6.98. The van der Waals surface area contributed by atoms with Gasteiger partial charge in [0.25, 0.3) is 0 Å². The molecule has 2 heterocycles. The Morgan fingerprint density at radius 3 is 2.80 bits per heavy atom. The van der Waals surface area contributed by atoms with Crippen molar-refractivity contribution in [1.82, 2.24) is 15.5 Å². The molecule has 2 atom stereocenters. The summed E-state index contributed by atoms with van der Waals surface area (Å²) >= 11 is 0. The highest BCUT2D eigenvalue weighted by Gasteiger charge is 2.49. The van der Waals surface area contributed by atoms with Gasteiger partial charge < -0.3 is 10.6 Å². The topological polar surface area (TPSA) is 61.4 Å². The summed E-state index contributed by atoms with van der Waals surface area (Å²) in [5, 5.41) is 5.68. The van der Waals surface area contributed by atoms with Crippen LogP contribution < -0.4 is 10.6 Å². The van der Waals surface area contributed by atoms with Crippen molar-refractivity contribution >= 4 is 11.8 Å². The summed E-state index contributed by atoms with van der Waals surface area (Å²) < 4.78 is 0. The Morgan fingerprint density at radius 2 is 2.05 bits per heavy atom. The van der Waals surface area contributed by atoms with Crippen molar-refractivity contribution in [1.29, 1.82) is 0 Å². The highest BCUT2D eigenvalue weighted by Crippen LogP contribution is 2.25. The highest BCUT2D eigenvalue weighted by atomic mass is 16.2. The van der Waals surface area contributed by atoms with Crippen LogP contribution in [0.15, 0.2) is 30.3 Å². The van der Waals surface area contributed by atoms with Crippen molar-refractivity contribution < 1.29 is 9.59 Å². The van der Waals surface area contributed by atoms with Gasteiger partial charge >= 0.3 is 0 Å².